The molecule has 6 heteroatoms. The second kappa shape index (κ2) is 7.27. The first kappa shape index (κ1) is 16.2. The summed E-state index contributed by atoms with van der Waals surface area (Å²) in [4.78, 5) is 4.46. The summed E-state index contributed by atoms with van der Waals surface area (Å²) in [5.74, 6) is 1.13. The van der Waals surface area contributed by atoms with Crippen LogP contribution in [0.3, 0.4) is 0 Å². The molecule has 3 rings (SSSR count). The van der Waals surface area contributed by atoms with Crippen molar-refractivity contribution < 1.29 is 0 Å². The molecule has 0 spiro atoms. The number of rotatable bonds is 5. The summed E-state index contributed by atoms with van der Waals surface area (Å²) < 4.78 is 0. The van der Waals surface area contributed by atoms with Crippen LogP contribution >= 0.6 is 11.6 Å². The lowest BCUT2D eigenvalue weighted by atomic mass is 10.1. The van der Waals surface area contributed by atoms with Crippen molar-refractivity contribution in [3.63, 3.8) is 0 Å². The van der Waals surface area contributed by atoms with Crippen LogP contribution in [-0.2, 0) is 6.54 Å². The van der Waals surface area contributed by atoms with Gasteiger partial charge in [0.2, 0.25) is 5.95 Å². The zero-order chi connectivity index (χ0) is 16.9. The highest BCUT2D eigenvalue weighted by atomic mass is 35.5. The molecular formula is C18H18ClN5. The van der Waals surface area contributed by atoms with Crippen LogP contribution in [0.15, 0.2) is 48.7 Å². The van der Waals surface area contributed by atoms with Gasteiger partial charge in [-0.05, 0) is 42.7 Å². The van der Waals surface area contributed by atoms with Gasteiger partial charge in [0.15, 0.2) is 5.82 Å². The number of halogens is 1. The highest BCUT2D eigenvalue weighted by Gasteiger charge is 2.05. The van der Waals surface area contributed by atoms with Gasteiger partial charge in [0.1, 0.15) is 0 Å². The fourth-order valence-electron chi connectivity index (χ4n) is 2.36. The average molecular weight is 340 g/mol. The van der Waals surface area contributed by atoms with Crippen molar-refractivity contribution >= 4 is 29.1 Å². The minimum Gasteiger partial charge on any atom is -0.349 e. The Morgan fingerprint density at radius 2 is 1.71 bits per heavy atom. The zero-order valence-corrected chi connectivity index (χ0v) is 14.3. The van der Waals surface area contributed by atoms with Gasteiger partial charge >= 0.3 is 0 Å². The van der Waals surface area contributed by atoms with Crippen LogP contribution in [0.5, 0.6) is 0 Å². The second-order valence-electron chi connectivity index (χ2n) is 5.54. The molecule has 0 aliphatic rings. The molecule has 3 aromatic rings. The van der Waals surface area contributed by atoms with E-state index < -0.39 is 0 Å². The average Bonchev–Trinajstić information content (AvgIpc) is 2.58. The van der Waals surface area contributed by atoms with E-state index in [9.17, 15) is 0 Å². The molecule has 5 nitrogen and oxygen atoms in total. The van der Waals surface area contributed by atoms with Gasteiger partial charge in [0.05, 0.1) is 6.20 Å². The van der Waals surface area contributed by atoms with E-state index in [1.807, 2.05) is 30.3 Å². The van der Waals surface area contributed by atoms with Crippen LogP contribution in [0.1, 0.15) is 16.7 Å². The number of nitrogens with one attached hydrogen (secondary N) is 2. The van der Waals surface area contributed by atoms with Crippen molar-refractivity contribution in [3.8, 4) is 0 Å². The molecule has 0 saturated heterocycles. The number of aryl methyl sites for hydroxylation is 2. The first-order chi connectivity index (χ1) is 11.6. The monoisotopic (exact) mass is 339 g/mol. The van der Waals surface area contributed by atoms with Crippen molar-refractivity contribution in [1.82, 2.24) is 15.2 Å². The Kier molecular flexibility index (Phi) is 4.91. The highest BCUT2D eigenvalue weighted by molar-refractivity contribution is 6.30. The predicted molar refractivity (Wildman–Crippen MR) is 97.8 cm³/mol. The topological polar surface area (TPSA) is 62.7 Å². The molecule has 2 N–H and O–H groups in total. The van der Waals surface area contributed by atoms with E-state index in [4.69, 9.17) is 11.6 Å². The Labute approximate surface area is 146 Å². The summed E-state index contributed by atoms with van der Waals surface area (Å²) in [6, 6.07) is 13.8. The maximum Gasteiger partial charge on any atom is 0.244 e. The number of benzene rings is 2. The van der Waals surface area contributed by atoms with Crippen LogP contribution in [0.2, 0.25) is 5.02 Å². The molecule has 1 aromatic heterocycles. The minimum atomic E-state index is 0.473. The van der Waals surface area contributed by atoms with Crippen molar-refractivity contribution in [3.05, 3.63) is 70.4 Å². The fourth-order valence-corrected chi connectivity index (χ4v) is 2.49. The summed E-state index contributed by atoms with van der Waals surface area (Å²) in [6.07, 6.45) is 1.61. The molecule has 122 valence electrons. The van der Waals surface area contributed by atoms with Crippen LogP contribution in [-0.4, -0.2) is 15.2 Å². The number of hydrogen-bond acceptors (Lipinski definition) is 5. The van der Waals surface area contributed by atoms with Gasteiger partial charge in [0.25, 0.3) is 0 Å². The quantitative estimate of drug-likeness (QED) is 0.716. The molecule has 0 amide bonds. The molecule has 0 saturated carbocycles. The van der Waals surface area contributed by atoms with E-state index in [-0.39, 0.29) is 0 Å². The van der Waals surface area contributed by atoms with Crippen molar-refractivity contribution in [1.29, 1.82) is 0 Å². The second-order valence-corrected chi connectivity index (χ2v) is 5.97. The molecule has 0 aliphatic heterocycles. The highest BCUT2D eigenvalue weighted by Crippen LogP contribution is 2.23. The third-order valence-corrected chi connectivity index (χ3v) is 3.91. The van der Waals surface area contributed by atoms with Crippen molar-refractivity contribution in [2.75, 3.05) is 10.6 Å². The SMILES string of the molecule is Cc1cccc(C)c1Nc1cnnc(NCc2ccc(Cl)cc2)n1. The van der Waals surface area contributed by atoms with Crippen molar-refractivity contribution in [2.45, 2.75) is 20.4 Å². The van der Waals surface area contributed by atoms with Gasteiger partial charge in [0, 0.05) is 17.3 Å². The molecule has 2 aromatic carbocycles. The largest absolute Gasteiger partial charge is 0.349 e. The van der Waals surface area contributed by atoms with Crippen LogP contribution in [0.25, 0.3) is 0 Å². The Bertz CT molecular complexity index is 813. The van der Waals surface area contributed by atoms with E-state index in [1.165, 1.54) is 0 Å². The van der Waals surface area contributed by atoms with Crippen LogP contribution in [0.4, 0.5) is 17.5 Å². The third kappa shape index (κ3) is 4.00. The zero-order valence-electron chi connectivity index (χ0n) is 13.5. The van der Waals surface area contributed by atoms with Gasteiger partial charge in [-0.15, -0.1) is 5.10 Å². The van der Waals surface area contributed by atoms with E-state index in [2.05, 4.69) is 51.8 Å². The van der Waals surface area contributed by atoms with E-state index >= 15 is 0 Å². The summed E-state index contributed by atoms with van der Waals surface area (Å²) in [5.41, 5.74) is 4.45. The smallest absolute Gasteiger partial charge is 0.244 e. The standard InChI is InChI=1S/C18H18ClN5/c1-12-4-3-5-13(2)17(12)22-16-11-21-24-18(23-16)20-10-14-6-8-15(19)9-7-14/h3-9,11H,10H2,1-2H3,(H2,20,22,23,24). The normalized spacial score (nSPS) is 10.5. The van der Waals surface area contributed by atoms with Gasteiger partial charge in [-0.2, -0.15) is 10.1 Å². The van der Waals surface area contributed by atoms with E-state index in [0.717, 1.165) is 27.4 Å². The van der Waals surface area contributed by atoms with Crippen molar-refractivity contribution in [2.24, 2.45) is 0 Å². The lowest BCUT2D eigenvalue weighted by molar-refractivity contribution is 0.948. The predicted octanol–water partition coefficient (Wildman–Crippen LogP) is 4.50. The number of nitrogens with zero attached hydrogens (tertiary/aromatic N) is 3. The Morgan fingerprint density at radius 3 is 2.42 bits per heavy atom. The summed E-state index contributed by atoms with van der Waals surface area (Å²) in [7, 11) is 0. The lowest BCUT2D eigenvalue weighted by Crippen LogP contribution is -2.07. The number of aromatic nitrogens is 3. The Hall–Kier alpha value is -2.66. The fraction of sp³-hybridized carbons (Fsp3) is 0.167. The number of anilines is 3. The molecule has 0 bridgehead atoms. The van der Waals surface area contributed by atoms with Gasteiger partial charge in [-0.3, -0.25) is 0 Å². The summed E-state index contributed by atoms with van der Waals surface area (Å²) in [5, 5.41) is 15.2. The molecule has 0 unspecified atom stereocenters. The summed E-state index contributed by atoms with van der Waals surface area (Å²) >= 11 is 5.89. The molecule has 0 atom stereocenters. The Balaban J connectivity index is 1.71. The first-order valence-corrected chi connectivity index (χ1v) is 8.01. The Morgan fingerprint density at radius 1 is 1.00 bits per heavy atom. The molecule has 1 heterocycles. The number of hydrogen-bond donors (Lipinski definition) is 2. The number of para-hydroxylation sites is 1. The van der Waals surface area contributed by atoms with E-state index in [0.29, 0.717) is 18.3 Å². The first-order valence-electron chi connectivity index (χ1n) is 7.63. The molecule has 0 radical (unpaired) electrons. The molecule has 0 fully saturated rings. The third-order valence-electron chi connectivity index (χ3n) is 3.66. The molecule has 24 heavy (non-hydrogen) atoms. The minimum absolute atomic E-state index is 0.473. The van der Waals surface area contributed by atoms with Gasteiger partial charge in [-0.1, -0.05) is 41.9 Å². The van der Waals surface area contributed by atoms with Crippen LogP contribution in [0, 0.1) is 13.8 Å². The van der Waals surface area contributed by atoms with Gasteiger partial charge < -0.3 is 10.6 Å². The maximum absolute atomic E-state index is 5.89. The van der Waals surface area contributed by atoms with E-state index in [1.54, 1.807) is 6.20 Å². The lowest BCUT2D eigenvalue weighted by Gasteiger charge is -2.12. The molecular weight excluding hydrogens is 322 g/mol. The maximum atomic E-state index is 5.89. The van der Waals surface area contributed by atoms with Gasteiger partial charge in [-0.25, -0.2) is 0 Å². The summed E-state index contributed by atoms with van der Waals surface area (Å²) in [6.45, 7) is 4.72. The van der Waals surface area contributed by atoms with Crippen LogP contribution < -0.4 is 10.6 Å². The molecule has 0 aliphatic carbocycles.